The molecule has 0 unspecified atom stereocenters. The smallest absolute Gasteiger partial charge is 0.128 e. The van der Waals surface area contributed by atoms with Gasteiger partial charge in [0.25, 0.3) is 0 Å². The Balaban J connectivity index is 2.15. The molecule has 82 valence electrons. The number of pyridine rings is 1. The van der Waals surface area contributed by atoms with E-state index < -0.39 is 0 Å². The van der Waals surface area contributed by atoms with Crippen molar-refractivity contribution < 1.29 is 4.74 Å². The number of rotatable bonds is 4. The summed E-state index contributed by atoms with van der Waals surface area (Å²) in [6, 6.07) is 0.721. The van der Waals surface area contributed by atoms with Crippen LogP contribution in [0.5, 0.6) is 5.75 Å². The van der Waals surface area contributed by atoms with E-state index in [9.17, 15) is 0 Å². The molecule has 0 bridgehead atoms. The minimum atomic E-state index is 0.721. The van der Waals surface area contributed by atoms with Crippen molar-refractivity contribution in [3.63, 3.8) is 0 Å². The number of ether oxygens (including phenoxy) is 1. The standard InChI is InChI=1S/C12H18N2O/c1-8-6-14-11(7-13-10-4-5-10)9(2)12(8)15-3/h6,10,13H,4-5,7H2,1-3H3. The van der Waals surface area contributed by atoms with E-state index >= 15 is 0 Å². The molecule has 2 rings (SSSR count). The molecule has 0 saturated heterocycles. The second kappa shape index (κ2) is 4.19. The maximum atomic E-state index is 5.37. The van der Waals surface area contributed by atoms with Crippen LogP contribution in [0, 0.1) is 13.8 Å². The van der Waals surface area contributed by atoms with Gasteiger partial charge >= 0.3 is 0 Å². The lowest BCUT2D eigenvalue weighted by Gasteiger charge is -2.12. The molecule has 0 spiro atoms. The fourth-order valence-corrected chi connectivity index (χ4v) is 1.78. The molecule has 1 aliphatic rings. The molecule has 1 fully saturated rings. The number of aryl methyl sites for hydroxylation is 1. The number of aromatic nitrogens is 1. The van der Waals surface area contributed by atoms with Crippen molar-refractivity contribution in [2.75, 3.05) is 7.11 Å². The van der Waals surface area contributed by atoms with Gasteiger partial charge in [0.15, 0.2) is 0 Å². The van der Waals surface area contributed by atoms with Crippen LogP contribution in [0.2, 0.25) is 0 Å². The Morgan fingerprint density at radius 3 is 2.80 bits per heavy atom. The highest BCUT2D eigenvalue weighted by Gasteiger charge is 2.21. The highest BCUT2D eigenvalue weighted by molar-refractivity contribution is 5.41. The van der Waals surface area contributed by atoms with E-state index in [2.05, 4.69) is 17.2 Å². The molecular weight excluding hydrogens is 188 g/mol. The first-order valence-electron chi connectivity index (χ1n) is 5.45. The van der Waals surface area contributed by atoms with Crippen molar-refractivity contribution in [1.29, 1.82) is 0 Å². The zero-order valence-corrected chi connectivity index (χ0v) is 9.63. The van der Waals surface area contributed by atoms with Crippen molar-refractivity contribution in [2.45, 2.75) is 39.3 Å². The number of nitrogens with zero attached hydrogens (tertiary/aromatic N) is 1. The van der Waals surface area contributed by atoms with Gasteiger partial charge in [-0.05, 0) is 26.7 Å². The highest BCUT2D eigenvalue weighted by atomic mass is 16.5. The Kier molecular flexibility index (Phi) is 2.91. The first-order valence-corrected chi connectivity index (χ1v) is 5.45. The molecule has 0 atom stereocenters. The zero-order chi connectivity index (χ0) is 10.8. The minimum Gasteiger partial charge on any atom is -0.496 e. The number of hydrogen-bond donors (Lipinski definition) is 1. The molecule has 0 aromatic carbocycles. The number of hydrogen-bond acceptors (Lipinski definition) is 3. The van der Waals surface area contributed by atoms with Crippen LogP contribution in [0.25, 0.3) is 0 Å². The molecule has 1 saturated carbocycles. The van der Waals surface area contributed by atoms with Crippen molar-refractivity contribution in [1.82, 2.24) is 10.3 Å². The van der Waals surface area contributed by atoms with Gasteiger partial charge in [-0.2, -0.15) is 0 Å². The van der Waals surface area contributed by atoms with Crippen molar-refractivity contribution in [3.8, 4) is 5.75 Å². The number of methoxy groups -OCH3 is 1. The van der Waals surface area contributed by atoms with Gasteiger partial charge < -0.3 is 10.1 Å². The Labute approximate surface area is 90.9 Å². The molecular formula is C12H18N2O. The van der Waals surface area contributed by atoms with Crippen LogP contribution in [0.4, 0.5) is 0 Å². The van der Waals surface area contributed by atoms with Crippen LogP contribution >= 0.6 is 0 Å². The summed E-state index contributed by atoms with van der Waals surface area (Å²) in [5, 5.41) is 3.47. The summed E-state index contributed by atoms with van der Waals surface area (Å²) in [5.74, 6) is 0.970. The quantitative estimate of drug-likeness (QED) is 0.817. The molecule has 3 heteroatoms. The molecule has 0 aliphatic heterocycles. The van der Waals surface area contributed by atoms with Crippen LogP contribution in [0.1, 0.15) is 29.7 Å². The number of nitrogens with one attached hydrogen (secondary N) is 1. The lowest BCUT2D eigenvalue weighted by molar-refractivity contribution is 0.406. The Morgan fingerprint density at radius 1 is 1.47 bits per heavy atom. The monoisotopic (exact) mass is 206 g/mol. The zero-order valence-electron chi connectivity index (χ0n) is 9.63. The fourth-order valence-electron chi connectivity index (χ4n) is 1.78. The van der Waals surface area contributed by atoms with Crippen LogP contribution < -0.4 is 10.1 Å². The molecule has 1 aromatic heterocycles. The van der Waals surface area contributed by atoms with E-state index in [1.807, 2.05) is 13.1 Å². The normalized spacial score (nSPS) is 15.4. The Bertz CT molecular complexity index is 359. The fraction of sp³-hybridized carbons (Fsp3) is 0.583. The summed E-state index contributed by atoms with van der Waals surface area (Å²) in [7, 11) is 1.72. The van der Waals surface area contributed by atoms with Gasteiger partial charge in [-0.15, -0.1) is 0 Å². The summed E-state index contributed by atoms with van der Waals surface area (Å²) < 4.78 is 5.37. The van der Waals surface area contributed by atoms with Crippen molar-refractivity contribution in [3.05, 3.63) is 23.0 Å². The Hall–Kier alpha value is -1.09. The summed E-state index contributed by atoms with van der Waals surface area (Å²) in [5.41, 5.74) is 3.36. The van der Waals surface area contributed by atoms with E-state index in [1.54, 1.807) is 7.11 Å². The molecule has 1 aromatic rings. The predicted molar refractivity (Wildman–Crippen MR) is 60.1 cm³/mol. The average Bonchev–Trinajstić information content (AvgIpc) is 3.01. The largest absolute Gasteiger partial charge is 0.496 e. The second-order valence-electron chi connectivity index (χ2n) is 4.20. The second-order valence-corrected chi connectivity index (χ2v) is 4.20. The average molecular weight is 206 g/mol. The third kappa shape index (κ3) is 2.29. The van der Waals surface area contributed by atoms with Gasteiger partial charge in [0.2, 0.25) is 0 Å². The molecule has 1 heterocycles. The summed E-state index contributed by atoms with van der Waals surface area (Å²) >= 11 is 0. The van der Waals surface area contributed by atoms with Gasteiger partial charge in [0.05, 0.1) is 12.8 Å². The lowest BCUT2D eigenvalue weighted by Crippen LogP contribution is -2.17. The molecule has 1 N–H and O–H groups in total. The van der Waals surface area contributed by atoms with Crippen molar-refractivity contribution in [2.24, 2.45) is 0 Å². The van der Waals surface area contributed by atoms with E-state index in [4.69, 9.17) is 4.74 Å². The maximum absolute atomic E-state index is 5.37. The van der Waals surface area contributed by atoms with Crippen LogP contribution in [-0.2, 0) is 6.54 Å². The molecule has 3 nitrogen and oxygen atoms in total. The topological polar surface area (TPSA) is 34.1 Å². The first-order chi connectivity index (χ1) is 7.22. The third-order valence-corrected chi connectivity index (χ3v) is 2.89. The molecule has 0 radical (unpaired) electrons. The predicted octanol–water partition coefficient (Wildman–Crippen LogP) is 1.96. The highest BCUT2D eigenvalue weighted by Crippen LogP contribution is 2.25. The van der Waals surface area contributed by atoms with E-state index in [-0.39, 0.29) is 0 Å². The minimum absolute atomic E-state index is 0.721. The third-order valence-electron chi connectivity index (χ3n) is 2.89. The summed E-state index contributed by atoms with van der Waals surface area (Å²) in [4.78, 5) is 4.44. The van der Waals surface area contributed by atoms with Gasteiger partial charge in [-0.3, -0.25) is 4.98 Å². The Morgan fingerprint density at radius 2 is 2.20 bits per heavy atom. The van der Waals surface area contributed by atoms with E-state index in [1.165, 1.54) is 12.8 Å². The van der Waals surface area contributed by atoms with Crippen molar-refractivity contribution >= 4 is 0 Å². The summed E-state index contributed by atoms with van der Waals surface area (Å²) in [6.07, 6.45) is 4.50. The van der Waals surface area contributed by atoms with Gasteiger partial charge in [0, 0.05) is 29.9 Å². The molecule has 15 heavy (non-hydrogen) atoms. The van der Waals surface area contributed by atoms with Crippen LogP contribution in [0.3, 0.4) is 0 Å². The van der Waals surface area contributed by atoms with Gasteiger partial charge in [-0.1, -0.05) is 0 Å². The van der Waals surface area contributed by atoms with E-state index in [0.717, 1.165) is 35.2 Å². The van der Waals surface area contributed by atoms with Crippen LogP contribution in [-0.4, -0.2) is 18.1 Å². The lowest BCUT2D eigenvalue weighted by atomic mass is 10.1. The molecule has 0 amide bonds. The van der Waals surface area contributed by atoms with E-state index in [0.29, 0.717) is 0 Å². The molecule has 1 aliphatic carbocycles. The SMILES string of the molecule is COc1c(C)cnc(CNC2CC2)c1C. The van der Waals surface area contributed by atoms with Crippen LogP contribution in [0.15, 0.2) is 6.20 Å². The first kappa shape index (κ1) is 10.4. The maximum Gasteiger partial charge on any atom is 0.128 e. The van der Waals surface area contributed by atoms with Gasteiger partial charge in [-0.25, -0.2) is 0 Å². The summed E-state index contributed by atoms with van der Waals surface area (Å²) in [6.45, 7) is 4.95. The van der Waals surface area contributed by atoms with Gasteiger partial charge in [0.1, 0.15) is 5.75 Å².